The van der Waals surface area contributed by atoms with Crippen LogP contribution in [0.4, 0.5) is 10.2 Å². The van der Waals surface area contributed by atoms with Crippen LogP contribution in [0, 0.1) is 5.82 Å². The predicted molar refractivity (Wildman–Crippen MR) is 72.9 cm³/mol. The second-order valence-corrected chi connectivity index (χ2v) is 5.20. The maximum atomic E-state index is 13.9. The minimum Gasteiger partial charge on any atom is -0.350 e. The molecule has 0 N–H and O–H groups in total. The zero-order chi connectivity index (χ0) is 14.1. The van der Waals surface area contributed by atoms with Gasteiger partial charge in [0.1, 0.15) is 0 Å². The first kappa shape index (κ1) is 13.0. The minimum absolute atomic E-state index is 0.133. The maximum absolute atomic E-state index is 13.9. The molecule has 0 bridgehead atoms. The highest BCUT2D eigenvalue weighted by molar-refractivity contribution is 5.42. The fourth-order valence-electron chi connectivity index (χ4n) is 2.71. The van der Waals surface area contributed by atoms with E-state index in [1.807, 2.05) is 29.9 Å². The summed E-state index contributed by atoms with van der Waals surface area (Å²) in [5.41, 5.74) is 0. The number of aromatic nitrogens is 4. The van der Waals surface area contributed by atoms with Gasteiger partial charge in [-0.15, -0.1) is 5.10 Å². The molecule has 1 saturated heterocycles. The van der Waals surface area contributed by atoms with Gasteiger partial charge >= 0.3 is 0 Å². The summed E-state index contributed by atoms with van der Waals surface area (Å²) in [6.07, 6.45) is 5.13. The van der Waals surface area contributed by atoms with Crippen LogP contribution in [0.25, 0.3) is 0 Å². The zero-order valence-corrected chi connectivity index (χ0v) is 11.5. The molecule has 2 atom stereocenters. The first-order chi connectivity index (χ1) is 9.66. The molecule has 6 nitrogen and oxygen atoms in total. The van der Waals surface area contributed by atoms with Crippen LogP contribution >= 0.6 is 0 Å². The molecule has 0 unspecified atom stereocenters. The number of pyridine rings is 1. The van der Waals surface area contributed by atoms with Crippen LogP contribution in [0.15, 0.2) is 30.7 Å². The summed E-state index contributed by atoms with van der Waals surface area (Å²) >= 11 is 0. The smallest absolute Gasteiger partial charge is 0.165 e. The lowest BCUT2D eigenvalue weighted by Gasteiger charge is -2.24. The Morgan fingerprint density at radius 2 is 2.15 bits per heavy atom. The Morgan fingerprint density at radius 3 is 2.80 bits per heavy atom. The van der Waals surface area contributed by atoms with Crippen molar-refractivity contribution in [2.45, 2.75) is 12.1 Å². The van der Waals surface area contributed by atoms with E-state index in [9.17, 15) is 4.39 Å². The minimum atomic E-state index is -0.288. The molecule has 2 aromatic rings. The van der Waals surface area contributed by atoms with Crippen molar-refractivity contribution in [3.05, 3.63) is 36.5 Å². The quantitative estimate of drug-likeness (QED) is 0.830. The van der Waals surface area contributed by atoms with Crippen LogP contribution in [0.1, 0.15) is 6.04 Å². The average Bonchev–Trinajstić information content (AvgIpc) is 3.08. The van der Waals surface area contributed by atoms with E-state index >= 15 is 0 Å². The molecule has 1 fully saturated rings. The molecule has 3 heterocycles. The first-order valence-electron chi connectivity index (χ1n) is 6.54. The Morgan fingerprint density at radius 1 is 1.30 bits per heavy atom. The molecule has 0 spiro atoms. The van der Waals surface area contributed by atoms with Crippen molar-refractivity contribution >= 4 is 5.82 Å². The van der Waals surface area contributed by atoms with Gasteiger partial charge in [-0.1, -0.05) is 5.21 Å². The number of hydrogen-bond acceptors (Lipinski definition) is 5. The summed E-state index contributed by atoms with van der Waals surface area (Å²) in [5, 5.41) is 7.94. The van der Waals surface area contributed by atoms with Gasteiger partial charge in [-0.2, -0.15) is 0 Å². The van der Waals surface area contributed by atoms with E-state index in [1.165, 1.54) is 6.07 Å². The van der Waals surface area contributed by atoms with Gasteiger partial charge in [-0.05, 0) is 26.2 Å². The van der Waals surface area contributed by atoms with Crippen molar-refractivity contribution in [2.75, 3.05) is 32.1 Å². The van der Waals surface area contributed by atoms with E-state index in [0.717, 1.165) is 0 Å². The van der Waals surface area contributed by atoms with Crippen LogP contribution in [-0.4, -0.2) is 58.1 Å². The Balaban J connectivity index is 1.89. The standard InChI is InChI=1S/C13H17FN6/c1-18(2)11-8-19(13-10(14)4-3-5-15-13)9-12(11)20-7-6-16-17-20/h3-7,11-12H,8-9H2,1-2H3/t11-,12+/m1/s1. The molecule has 7 heteroatoms. The third-order valence-electron chi connectivity index (χ3n) is 3.74. The molecule has 106 valence electrons. The highest BCUT2D eigenvalue weighted by Crippen LogP contribution is 2.29. The summed E-state index contributed by atoms with van der Waals surface area (Å²) in [7, 11) is 4.04. The molecular weight excluding hydrogens is 259 g/mol. The van der Waals surface area contributed by atoms with Gasteiger partial charge in [0, 0.05) is 25.5 Å². The Kier molecular flexibility index (Phi) is 3.35. The van der Waals surface area contributed by atoms with Crippen molar-refractivity contribution in [1.29, 1.82) is 0 Å². The van der Waals surface area contributed by atoms with Crippen molar-refractivity contribution < 1.29 is 4.39 Å². The molecule has 20 heavy (non-hydrogen) atoms. The highest BCUT2D eigenvalue weighted by atomic mass is 19.1. The van der Waals surface area contributed by atoms with E-state index in [0.29, 0.717) is 18.9 Å². The second-order valence-electron chi connectivity index (χ2n) is 5.20. The number of halogens is 1. The summed E-state index contributed by atoms with van der Waals surface area (Å²) in [5.74, 6) is 0.117. The summed E-state index contributed by atoms with van der Waals surface area (Å²) in [6.45, 7) is 1.38. The molecule has 0 saturated carbocycles. The number of nitrogens with zero attached hydrogens (tertiary/aromatic N) is 6. The van der Waals surface area contributed by atoms with Gasteiger partial charge in [0.25, 0.3) is 0 Å². The van der Waals surface area contributed by atoms with E-state index < -0.39 is 0 Å². The third-order valence-corrected chi connectivity index (χ3v) is 3.74. The van der Waals surface area contributed by atoms with Gasteiger partial charge in [0.15, 0.2) is 11.6 Å². The first-order valence-corrected chi connectivity index (χ1v) is 6.54. The van der Waals surface area contributed by atoms with Gasteiger partial charge in [-0.3, -0.25) is 0 Å². The van der Waals surface area contributed by atoms with Crippen LogP contribution in [0.5, 0.6) is 0 Å². The molecule has 0 aromatic carbocycles. The lowest BCUT2D eigenvalue weighted by molar-refractivity contribution is 0.243. The van der Waals surface area contributed by atoms with Gasteiger partial charge in [-0.25, -0.2) is 14.1 Å². The molecule has 3 rings (SSSR count). The van der Waals surface area contributed by atoms with Crippen LogP contribution in [0.2, 0.25) is 0 Å². The fourth-order valence-corrected chi connectivity index (χ4v) is 2.71. The van der Waals surface area contributed by atoms with Crippen LogP contribution < -0.4 is 4.90 Å². The number of hydrogen-bond donors (Lipinski definition) is 0. The molecule has 1 aliphatic rings. The van der Waals surface area contributed by atoms with Crippen molar-refractivity contribution in [3.63, 3.8) is 0 Å². The fraction of sp³-hybridized carbons (Fsp3) is 0.462. The van der Waals surface area contributed by atoms with E-state index in [2.05, 4.69) is 20.2 Å². The van der Waals surface area contributed by atoms with Crippen molar-refractivity contribution in [3.8, 4) is 0 Å². The summed E-state index contributed by atoms with van der Waals surface area (Å²) < 4.78 is 15.7. The van der Waals surface area contributed by atoms with Gasteiger partial charge < -0.3 is 9.80 Å². The van der Waals surface area contributed by atoms with E-state index in [-0.39, 0.29) is 17.9 Å². The molecule has 0 aliphatic carbocycles. The number of likely N-dealkylation sites (N-methyl/N-ethyl adjacent to an activating group) is 1. The Hall–Kier alpha value is -2.02. The van der Waals surface area contributed by atoms with E-state index in [1.54, 1.807) is 18.5 Å². The third kappa shape index (κ3) is 2.24. The molecular formula is C13H17FN6. The SMILES string of the molecule is CN(C)[C@@H]1CN(c2ncccc2F)C[C@@H]1n1ccnn1. The average molecular weight is 276 g/mol. The molecule has 0 radical (unpaired) electrons. The predicted octanol–water partition coefficient (Wildman–Crippen LogP) is 0.804. The zero-order valence-electron chi connectivity index (χ0n) is 11.5. The van der Waals surface area contributed by atoms with Crippen molar-refractivity contribution in [2.24, 2.45) is 0 Å². The topological polar surface area (TPSA) is 50.1 Å². The van der Waals surface area contributed by atoms with Gasteiger partial charge in [0.2, 0.25) is 0 Å². The lowest BCUT2D eigenvalue weighted by atomic mass is 10.1. The summed E-state index contributed by atoms with van der Waals surface area (Å²) in [4.78, 5) is 8.25. The van der Waals surface area contributed by atoms with Crippen LogP contribution in [0.3, 0.4) is 0 Å². The highest BCUT2D eigenvalue weighted by Gasteiger charge is 2.37. The molecule has 0 amide bonds. The van der Waals surface area contributed by atoms with E-state index in [4.69, 9.17) is 0 Å². The number of anilines is 1. The Labute approximate surface area is 116 Å². The number of rotatable bonds is 3. The molecule has 1 aliphatic heterocycles. The largest absolute Gasteiger partial charge is 0.350 e. The van der Waals surface area contributed by atoms with Crippen LogP contribution in [-0.2, 0) is 0 Å². The maximum Gasteiger partial charge on any atom is 0.165 e. The second kappa shape index (κ2) is 5.16. The lowest BCUT2D eigenvalue weighted by Crippen LogP contribution is -2.36. The molecule has 2 aromatic heterocycles. The van der Waals surface area contributed by atoms with Gasteiger partial charge in [0.05, 0.1) is 18.3 Å². The Bertz CT molecular complexity index is 570. The monoisotopic (exact) mass is 276 g/mol. The normalized spacial score (nSPS) is 22.7. The van der Waals surface area contributed by atoms with Crippen molar-refractivity contribution in [1.82, 2.24) is 24.9 Å². The summed E-state index contributed by atoms with van der Waals surface area (Å²) in [6, 6.07) is 3.41.